The highest BCUT2D eigenvalue weighted by atomic mass is 15.4. The molecule has 1 aliphatic rings. The zero-order valence-corrected chi connectivity index (χ0v) is 17.4. The Morgan fingerprint density at radius 2 is 1.62 bits per heavy atom. The molecule has 0 unspecified atom stereocenters. The zero-order valence-electron chi connectivity index (χ0n) is 17.4. The predicted octanol–water partition coefficient (Wildman–Crippen LogP) is 3.74. The van der Waals surface area contributed by atoms with Gasteiger partial charge in [-0.2, -0.15) is 10.1 Å². The second-order valence-corrected chi connectivity index (χ2v) is 7.67. The van der Waals surface area contributed by atoms with Gasteiger partial charge in [0, 0.05) is 38.4 Å². The maximum absolute atomic E-state index is 4.68. The number of benzene rings is 2. The van der Waals surface area contributed by atoms with Crippen LogP contribution >= 0.6 is 0 Å². The van der Waals surface area contributed by atoms with Crippen LogP contribution in [0.3, 0.4) is 0 Å². The minimum atomic E-state index is 0.694. The lowest BCUT2D eigenvalue weighted by molar-refractivity contribution is 0.634. The molecule has 1 N–H and O–H groups in total. The molecule has 4 rings (SSSR count). The van der Waals surface area contributed by atoms with Crippen LogP contribution in [0.5, 0.6) is 0 Å². The van der Waals surface area contributed by atoms with Gasteiger partial charge in [-0.15, -0.1) is 5.10 Å². The molecule has 0 amide bonds. The van der Waals surface area contributed by atoms with E-state index in [9.17, 15) is 0 Å². The Kier molecular flexibility index (Phi) is 5.60. The quantitative estimate of drug-likeness (QED) is 0.719. The van der Waals surface area contributed by atoms with Crippen LogP contribution in [-0.4, -0.2) is 41.4 Å². The zero-order chi connectivity index (χ0) is 20.2. The highest BCUT2D eigenvalue weighted by Crippen LogP contribution is 2.24. The van der Waals surface area contributed by atoms with Gasteiger partial charge < -0.3 is 15.1 Å². The average Bonchev–Trinajstić information content (AvgIpc) is 2.76. The Bertz CT molecular complexity index is 961. The van der Waals surface area contributed by atoms with E-state index in [1.807, 2.05) is 0 Å². The monoisotopic (exact) mass is 388 g/mol. The van der Waals surface area contributed by atoms with Gasteiger partial charge in [0.05, 0.1) is 6.20 Å². The molecule has 6 heteroatoms. The molecule has 0 aliphatic carbocycles. The fourth-order valence-electron chi connectivity index (χ4n) is 3.64. The van der Waals surface area contributed by atoms with Crippen molar-refractivity contribution in [3.63, 3.8) is 0 Å². The summed E-state index contributed by atoms with van der Waals surface area (Å²) >= 11 is 0. The summed E-state index contributed by atoms with van der Waals surface area (Å²) in [5.74, 6) is 1.45. The Morgan fingerprint density at radius 1 is 0.897 bits per heavy atom. The second kappa shape index (κ2) is 8.47. The molecular weight excluding hydrogens is 360 g/mol. The minimum absolute atomic E-state index is 0.694. The molecule has 1 fully saturated rings. The van der Waals surface area contributed by atoms with Crippen molar-refractivity contribution in [2.24, 2.45) is 0 Å². The van der Waals surface area contributed by atoms with Gasteiger partial charge in [0.1, 0.15) is 0 Å². The van der Waals surface area contributed by atoms with E-state index in [4.69, 9.17) is 0 Å². The number of piperazine rings is 1. The lowest BCUT2D eigenvalue weighted by Gasteiger charge is -2.36. The topological polar surface area (TPSA) is 57.2 Å². The third-order valence-electron chi connectivity index (χ3n) is 5.62. The van der Waals surface area contributed by atoms with Gasteiger partial charge in [0.2, 0.25) is 5.95 Å². The number of aromatic nitrogens is 3. The molecule has 0 spiro atoms. The number of nitrogens with one attached hydrogen (secondary N) is 1. The van der Waals surface area contributed by atoms with E-state index in [0.717, 1.165) is 38.5 Å². The molecule has 1 aliphatic heterocycles. The maximum atomic E-state index is 4.68. The van der Waals surface area contributed by atoms with Crippen molar-refractivity contribution in [3.8, 4) is 0 Å². The van der Waals surface area contributed by atoms with Gasteiger partial charge in [-0.1, -0.05) is 42.0 Å². The first kappa shape index (κ1) is 19.2. The summed E-state index contributed by atoms with van der Waals surface area (Å²) in [4.78, 5) is 9.35. The molecule has 3 aromatic rings. The summed E-state index contributed by atoms with van der Waals surface area (Å²) < 4.78 is 0. The number of hydrogen-bond donors (Lipinski definition) is 1. The van der Waals surface area contributed by atoms with Gasteiger partial charge in [0.15, 0.2) is 5.82 Å². The minimum Gasteiger partial charge on any atom is -0.368 e. The van der Waals surface area contributed by atoms with Gasteiger partial charge in [0.25, 0.3) is 0 Å². The first-order valence-electron chi connectivity index (χ1n) is 10.2. The molecule has 2 aromatic carbocycles. The van der Waals surface area contributed by atoms with Crippen LogP contribution in [0, 0.1) is 20.8 Å². The van der Waals surface area contributed by atoms with E-state index in [-0.39, 0.29) is 0 Å². The van der Waals surface area contributed by atoms with Crippen LogP contribution in [0.15, 0.2) is 48.7 Å². The Morgan fingerprint density at radius 3 is 2.38 bits per heavy atom. The van der Waals surface area contributed by atoms with Gasteiger partial charge >= 0.3 is 0 Å². The number of hydrogen-bond acceptors (Lipinski definition) is 6. The molecule has 0 saturated carbocycles. The van der Waals surface area contributed by atoms with E-state index in [2.05, 4.69) is 93.5 Å². The van der Waals surface area contributed by atoms with Crippen molar-refractivity contribution in [2.45, 2.75) is 27.3 Å². The molecule has 0 atom stereocenters. The van der Waals surface area contributed by atoms with Gasteiger partial charge in [-0.25, -0.2) is 0 Å². The van der Waals surface area contributed by atoms with Crippen LogP contribution in [0.25, 0.3) is 0 Å². The first-order valence-corrected chi connectivity index (χ1v) is 10.2. The van der Waals surface area contributed by atoms with Crippen molar-refractivity contribution in [2.75, 3.05) is 41.3 Å². The van der Waals surface area contributed by atoms with Crippen LogP contribution < -0.4 is 15.1 Å². The lowest BCUT2D eigenvalue weighted by atomic mass is 10.1. The normalized spacial score (nSPS) is 14.2. The third-order valence-corrected chi connectivity index (χ3v) is 5.62. The van der Waals surface area contributed by atoms with Crippen molar-refractivity contribution < 1.29 is 0 Å². The van der Waals surface area contributed by atoms with E-state index in [0.29, 0.717) is 5.95 Å². The highest BCUT2D eigenvalue weighted by molar-refractivity contribution is 5.57. The maximum Gasteiger partial charge on any atom is 0.247 e. The van der Waals surface area contributed by atoms with Crippen molar-refractivity contribution in [1.29, 1.82) is 0 Å². The predicted molar refractivity (Wildman–Crippen MR) is 119 cm³/mol. The molecule has 29 heavy (non-hydrogen) atoms. The fraction of sp³-hybridized carbons (Fsp3) is 0.348. The molecule has 0 radical (unpaired) electrons. The van der Waals surface area contributed by atoms with Crippen molar-refractivity contribution in [3.05, 3.63) is 70.9 Å². The van der Waals surface area contributed by atoms with Crippen LogP contribution in [0.1, 0.15) is 22.3 Å². The lowest BCUT2D eigenvalue weighted by Crippen LogP contribution is -2.47. The van der Waals surface area contributed by atoms with E-state index >= 15 is 0 Å². The van der Waals surface area contributed by atoms with Crippen molar-refractivity contribution >= 4 is 17.5 Å². The number of anilines is 3. The smallest absolute Gasteiger partial charge is 0.247 e. The van der Waals surface area contributed by atoms with E-state index in [1.54, 1.807) is 6.20 Å². The second-order valence-electron chi connectivity index (χ2n) is 7.67. The Labute approximate surface area is 172 Å². The number of nitrogens with zero attached hydrogens (tertiary/aromatic N) is 5. The largest absolute Gasteiger partial charge is 0.368 e. The Hall–Kier alpha value is -3.15. The van der Waals surface area contributed by atoms with Gasteiger partial charge in [-0.3, -0.25) is 0 Å². The van der Waals surface area contributed by atoms with Crippen molar-refractivity contribution in [1.82, 2.24) is 15.2 Å². The summed E-state index contributed by atoms with van der Waals surface area (Å²) in [6, 6.07) is 15.0. The summed E-state index contributed by atoms with van der Waals surface area (Å²) in [5.41, 5.74) is 6.51. The molecule has 150 valence electrons. The average molecular weight is 389 g/mol. The molecule has 0 bridgehead atoms. The van der Waals surface area contributed by atoms with Crippen LogP contribution in [0.4, 0.5) is 17.5 Å². The Balaban J connectivity index is 1.38. The molecule has 6 nitrogen and oxygen atoms in total. The summed E-state index contributed by atoms with van der Waals surface area (Å²) in [7, 11) is 0. The SMILES string of the molecule is Cc1ccc(CNc2cnnc(N3CCN(c4cccc(C)c4C)CC3)n2)cc1. The number of aryl methyl sites for hydroxylation is 2. The van der Waals surface area contributed by atoms with E-state index < -0.39 is 0 Å². The van der Waals surface area contributed by atoms with E-state index in [1.165, 1.54) is 27.9 Å². The third kappa shape index (κ3) is 4.47. The van der Waals surface area contributed by atoms with Gasteiger partial charge in [-0.05, 0) is 43.5 Å². The van der Waals surface area contributed by atoms with Crippen LogP contribution in [-0.2, 0) is 6.54 Å². The highest BCUT2D eigenvalue weighted by Gasteiger charge is 2.21. The molecule has 1 saturated heterocycles. The summed E-state index contributed by atoms with van der Waals surface area (Å²) in [6.07, 6.45) is 1.68. The molecular formula is C23H28N6. The van der Waals surface area contributed by atoms with Crippen LogP contribution in [0.2, 0.25) is 0 Å². The fourth-order valence-corrected chi connectivity index (χ4v) is 3.64. The number of rotatable bonds is 5. The molecule has 2 heterocycles. The standard InChI is InChI=1S/C23H28N6/c1-17-7-9-20(10-8-17)15-24-22-16-25-27-23(26-22)29-13-11-28(12-14-29)21-6-4-5-18(2)19(21)3/h4-10,16H,11-15H2,1-3H3,(H,24,26,27). The summed E-state index contributed by atoms with van der Waals surface area (Å²) in [6.45, 7) is 10.9. The summed E-state index contributed by atoms with van der Waals surface area (Å²) in [5, 5.41) is 11.8. The molecule has 1 aromatic heterocycles. The first-order chi connectivity index (χ1) is 14.1.